The molecule has 0 aliphatic heterocycles. The molecule has 0 unspecified atom stereocenters. The maximum absolute atomic E-state index is 5.22. The molecule has 0 spiro atoms. The number of aromatic nitrogens is 1. The van der Waals surface area contributed by atoms with Crippen LogP contribution in [0, 0.1) is 13.8 Å². The molecular weight excluding hydrogens is 248 g/mol. The van der Waals surface area contributed by atoms with E-state index in [0.717, 1.165) is 19.7 Å². The van der Waals surface area contributed by atoms with Crippen LogP contribution >= 0.6 is 0 Å². The van der Waals surface area contributed by atoms with E-state index < -0.39 is 0 Å². The van der Waals surface area contributed by atoms with Gasteiger partial charge in [0.05, 0.1) is 6.61 Å². The second kappa shape index (κ2) is 6.42. The van der Waals surface area contributed by atoms with Crippen molar-refractivity contribution in [3.8, 4) is 0 Å². The number of methoxy groups -OCH3 is 1. The standard InChI is InChI=1S/C17H26N2O/c1-12(2)18-11-15-6-7-17-16(10-15)13(3)14(4)19(17)8-9-20-5/h6-7,10,12,18H,8-9,11H2,1-5H3. The fraction of sp³-hybridized carbons (Fsp3) is 0.529. The van der Waals surface area contributed by atoms with Crippen LogP contribution in [0.2, 0.25) is 0 Å². The van der Waals surface area contributed by atoms with Gasteiger partial charge in [-0.25, -0.2) is 0 Å². The minimum absolute atomic E-state index is 0.514. The van der Waals surface area contributed by atoms with Crippen LogP contribution < -0.4 is 5.32 Å². The molecule has 1 N–H and O–H groups in total. The minimum Gasteiger partial charge on any atom is -0.383 e. The summed E-state index contributed by atoms with van der Waals surface area (Å²) in [6, 6.07) is 7.29. The van der Waals surface area contributed by atoms with Crippen LogP contribution in [0.3, 0.4) is 0 Å². The van der Waals surface area contributed by atoms with Gasteiger partial charge in [-0.15, -0.1) is 0 Å². The van der Waals surface area contributed by atoms with Gasteiger partial charge in [0.15, 0.2) is 0 Å². The van der Waals surface area contributed by atoms with Gasteiger partial charge in [0.25, 0.3) is 0 Å². The smallest absolute Gasteiger partial charge is 0.0642 e. The van der Waals surface area contributed by atoms with E-state index in [1.54, 1.807) is 7.11 Å². The maximum Gasteiger partial charge on any atom is 0.0642 e. The molecule has 1 aromatic carbocycles. The SMILES string of the molecule is COCCn1c(C)c(C)c2cc(CNC(C)C)ccc21. The number of aryl methyl sites for hydroxylation is 1. The molecule has 2 aromatic rings. The van der Waals surface area contributed by atoms with E-state index in [1.165, 1.54) is 27.7 Å². The lowest BCUT2D eigenvalue weighted by Gasteiger charge is -2.09. The van der Waals surface area contributed by atoms with Crippen molar-refractivity contribution in [2.45, 2.75) is 46.8 Å². The van der Waals surface area contributed by atoms with Crippen molar-refractivity contribution in [1.29, 1.82) is 0 Å². The summed E-state index contributed by atoms with van der Waals surface area (Å²) in [5.74, 6) is 0. The third-order valence-corrected chi connectivity index (χ3v) is 3.94. The fourth-order valence-corrected chi connectivity index (χ4v) is 2.60. The Balaban J connectivity index is 2.35. The molecule has 1 heterocycles. The summed E-state index contributed by atoms with van der Waals surface area (Å²) >= 11 is 0. The van der Waals surface area contributed by atoms with E-state index in [1.807, 2.05) is 0 Å². The van der Waals surface area contributed by atoms with Crippen molar-refractivity contribution in [3.05, 3.63) is 35.0 Å². The lowest BCUT2D eigenvalue weighted by molar-refractivity contribution is 0.188. The quantitative estimate of drug-likeness (QED) is 0.873. The van der Waals surface area contributed by atoms with Crippen LogP contribution in [-0.2, 0) is 17.8 Å². The first-order chi connectivity index (χ1) is 9.54. The molecule has 20 heavy (non-hydrogen) atoms. The second-order valence-electron chi connectivity index (χ2n) is 5.74. The molecule has 3 heteroatoms. The summed E-state index contributed by atoms with van der Waals surface area (Å²) in [5.41, 5.74) is 5.37. The van der Waals surface area contributed by atoms with Crippen LogP contribution in [-0.4, -0.2) is 24.3 Å². The number of benzene rings is 1. The van der Waals surface area contributed by atoms with E-state index in [2.05, 4.69) is 55.8 Å². The highest BCUT2D eigenvalue weighted by atomic mass is 16.5. The summed E-state index contributed by atoms with van der Waals surface area (Å²) in [7, 11) is 1.75. The molecule has 0 aliphatic carbocycles. The first-order valence-corrected chi connectivity index (χ1v) is 7.35. The molecule has 0 saturated heterocycles. The van der Waals surface area contributed by atoms with Gasteiger partial charge in [-0.1, -0.05) is 19.9 Å². The van der Waals surface area contributed by atoms with E-state index in [0.29, 0.717) is 6.04 Å². The predicted molar refractivity (Wildman–Crippen MR) is 85.3 cm³/mol. The highest BCUT2D eigenvalue weighted by molar-refractivity contribution is 5.86. The predicted octanol–water partition coefficient (Wildman–Crippen LogP) is 3.40. The molecule has 1 aromatic heterocycles. The summed E-state index contributed by atoms with van der Waals surface area (Å²) in [6.07, 6.45) is 0. The monoisotopic (exact) mass is 274 g/mol. The van der Waals surface area contributed by atoms with E-state index >= 15 is 0 Å². The molecule has 0 bridgehead atoms. The van der Waals surface area contributed by atoms with E-state index in [4.69, 9.17) is 4.74 Å². The number of nitrogens with zero attached hydrogens (tertiary/aromatic N) is 1. The molecule has 0 amide bonds. The maximum atomic E-state index is 5.22. The Kier molecular flexibility index (Phi) is 4.84. The Bertz CT molecular complexity index is 584. The number of ether oxygens (including phenoxy) is 1. The summed E-state index contributed by atoms with van der Waals surface area (Å²) in [6.45, 7) is 11.3. The van der Waals surface area contributed by atoms with Crippen LogP contribution in [0.5, 0.6) is 0 Å². The van der Waals surface area contributed by atoms with E-state index in [9.17, 15) is 0 Å². The zero-order chi connectivity index (χ0) is 14.7. The van der Waals surface area contributed by atoms with Crippen molar-refractivity contribution in [1.82, 2.24) is 9.88 Å². The molecule has 3 nitrogen and oxygen atoms in total. The summed E-state index contributed by atoms with van der Waals surface area (Å²) < 4.78 is 7.57. The van der Waals surface area contributed by atoms with Crippen molar-refractivity contribution >= 4 is 10.9 Å². The first-order valence-electron chi connectivity index (χ1n) is 7.35. The molecule has 2 rings (SSSR count). The van der Waals surface area contributed by atoms with Crippen molar-refractivity contribution < 1.29 is 4.74 Å². The van der Waals surface area contributed by atoms with Gasteiger partial charge in [0.1, 0.15) is 0 Å². The average Bonchev–Trinajstić information content (AvgIpc) is 2.67. The molecule has 0 saturated carbocycles. The summed E-state index contributed by atoms with van der Waals surface area (Å²) in [4.78, 5) is 0. The van der Waals surface area contributed by atoms with Crippen molar-refractivity contribution in [2.24, 2.45) is 0 Å². The minimum atomic E-state index is 0.514. The molecular formula is C17H26N2O. The van der Waals surface area contributed by atoms with Crippen LogP contribution in [0.1, 0.15) is 30.7 Å². The van der Waals surface area contributed by atoms with E-state index in [-0.39, 0.29) is 0 Å². The Morgan fingerprint density at radius 3 is 2.65 bits per heavy atom. The number of hydrogen-bond donors (Lipinski definition) is 1. The van der Waals surface area contributed by atoms with Gasteiger partial charge >= 0.3 is 0 Å². The first kappa shape index (κ1) is 15.1. The summed E-state index contributed by atoms with van der Waals surface area (Å²) in [5, 5.41) is 4.84. The zero-order valence-electron chi connectivity index (χ0n) is 13.3. The van der Waals surface area contributed by atoms with Crippen LogP contribution in [0.4, 0.5) is 0 Å². The van der Waals surface area contributed by atoms with Gasteiger partial charge in [-0.3, -0.25) is 0 Å². The highest BCUT2D eigenvalue weighted by Gasteiger charge is 2.11. The Morgan fingerprint density at radius 1 is 1.25 bits per heavy atom. The Morgan fingerprint density at radius 2 is 2.00 bits per heavy atom. The van der Waals surface area contributed by atoms with Gasteiger partial charge in [0.2, 0.25) is 0 Å². The average molecular weight is 274 g/mol. The highest BCUT2D eigenvalue weighted by Crippen LogP contribution is 2.26. The van der Waals surface area contributed by atoms with Crippen molar-refractivity contribution in [3.63, 3.8) is 0 Å². The van der Waals surface area contributed by atoms with Gasteiger partial charge in [0, 0.05) is 42.8 Å². The lowest BCUT2D eigenvalue weighted by Crippen LogP contribution is -2.21. The number of fused-ring (bicyclic) bond motifs is 1. The van der Waals surface area contributed by atoms with Gasteiger partial charge < -0.3 is 14.6 Å². The lowest BCUT2D eigenvalue weighted by atomic mass is 10.1. The second-order valence-corrected chi connectivity index (χ2v) is 5.74. The largest absolute Gasteiger partial charge is 0.383 e. The number of nitrogens with one attached hydrogen (secondary N) is 1. The van der Waals surface area contributed by atoms with Crippen LogP contribution in [0.25, 0.3) is 10.9 Å². The van der Waals surface area contributed by atoms with Crippen LogP contribution in [0.15, 0.2) is 18.2 Å². The Hall–Kier alpha value is -1.32. The molecule has 0 aliphatic rings. The van der Waals surface area contributed by atoms with Crippen molar-refractivity contribution in [2.75, 3.05) is 13.7 Å². The molecule has 0 radical (unpaired) electrons. The zero-order valence-corrected chi connectivity index (χ0v) is 13.3. The fourth-order valence-electron chi connectivity index (χ4n) is 2.60. The number of hydrogen-bond acceptors (Lipinski definition) is 2. The normalized spacial score (nSPS) is 11.7. The topological polar surface area (TPSA) is 26.2 Å². The molecule has 0 fully saturated rings. The van der Waals surface area contributed by atoms with Gasteiger partial charge in [-0.2, -0.15) is 0 Å². The molecule has 110 valence electrons. The third-order valence-electron chi connectivity index (χ3n) is 3.94. The number of rotatable bonds is 6. The van der Waals surface area contributed by atoms with Gasteiger partial charge in [-0.05, 0) is 37.1 Å². The third kappa shape index (κ3) is 3.05. The Labute approximate surface area is 121 Å². The molecule has 0 atom stereocenters.